The highest BCUT2D eigenvalue weighted by molar-refractivity contribution is 7.07. The number of esters is 1. The van der Waals surface area contributed by atoms with Gasteiger partial charge in [-0.3, -0.25) is 14.0 Å². The minimum atomic E-state index is -0.756. The van der Waals surface area contributed by atoms with Crippen molar-refractivity contribution in [3.05, 3.63) is 84.1 Å². The van der Waals surface area contributed by atoms with Crippen molar-refractivity contribution in [2.75, 3.05) is 6.61 Å². The minimum absolute atomic E-state index is 0.191. The lowest BCUT2D eigenvalue weighted by Gasteiger charge is -2.24. The molecule has 0 spiro atoms. The second-order valence-electron chi connectivity index (χ2n) is 7.20. The molecular formula is C22H21FN4O3S. The minimum Gasteiger partial charge on any atom is -0.463 e. The Labute approximate surface area is 181 Å². The number of hydrogen-bond donors (Lipinski definition) is 0. The molecule has 0 bridgehead atoms. The summed E-state index contributed by atoms with van der Waals surface area (Å²) in [5.41, 5.74) is 2.68. The Balaban J connectivity index is 1.97. The van der Waals surface area contributed by atoms with Gasteiger partial charge in [0, 0.05) is 18.8 Å². The van der Waals surface area contributed by atoms with E-state index in [-0.39, 0.29) is 17.7 Å². The van der Waals surface area contributed by atoms with E-state index in [4.69, 9.17) is 4.74 Å². The van der Waals surface area contributed by atoms with Gasteiger partial charge in [-0.1, -0.05) is 23.5 Å². The summed E-state index contributed by atoms with van der Waals surface area (Å²) in [6.45, 7) is 5.49. The maximum absolute atomic E-state index is 13.6. The number of ether oxygens (including phenoxy) is 1. The first-order chi connectivity index (χ1) is 14.8. The predicted molar refractivity (Wildman–Crippen MR) is 115 cm³/mol. The number of rotatable bonds is 4. The van der Waals surface area contributed by atoms with Crippen molar-refractivity contribution in [1.29, 1.82) is 0 Å². The molecule has 0 N–H and O–H groups in total. The van der Waals surface area contributed by atoms with Gasteiger partial charge >= 0.3 is 5.97 Å². The number of nitrogens with zero attached hydrogens (tertiary/aromatic N) is 4. The van der Waals surface area contributed by atoms with Gasteiger partial charge in [0.05, 0.1) is 34.1 Å². The molecule has 1 aromatic carbocycles. The first-order valence-electron chi connectivity index (χ1n) is 9.75. The molecule has 2 aromatic heterocycles. The van der Waals surface area contributed by atoms with Crippen molar-refractivity contribution >= 4 is 23.4 Å². The summed E-state index contributed by atoms with van der Waals surface area (Å²) < 4.78 is 22.4. The Morgan fingerprint density at radius 2 is 2.00 bits per heavy atom. The largest absolute Gasteiger partial charge is 0.463 e. The fraction of sp³-hybridized carbons (Fsp3) is 0.273. The third kappa shape index (κ3) is 3.76. The smallest absolute Gasteiger partial charge is 0.338 e. The second kappa shape index (κ2) is 8.07. The van der Waals surface area contributed by atoms with E-state index in [0.29, 0.717) is 20.6 Å². The van der Waals surface area contributed by atoms with Gasteiger partial charge < -0.3 is 4.74 Å². The molecule has 0 amide bonds. The van der Waals surface area contributed by atoms with Crippen LogP contribution in [-0.4, -0.2) is 26.9 Å². The van der Waals surface area contributed by atoms with Crippen LogP contribution in [0.5, 0.6) is 0 Å². The molecule has 3 heterocycles. The lowest BCUT2D eigenvalue weighted by atomic mass is 9.96. The van der Waals surface area contributed by atoms with Crippen molar-refractivity contribution < 1.29 is 13.9 Å². The summed E-state index contributed by atoms with van der Waals surface area (Å²) in [4.78, 5) is 31.2. The van der Waals surface area contributed by atoms with Crippen LogP contribution in [0.15, 0.2) is 51.5 Å². The van der Waals surface area contributed by atoms with Gasteiger partial charge in [-0.15, -0.1) is 0 Å². The standard InChI is InChI=1S/C22H21FN4O3S/c1-5-30-21(29)18-13(3)24-22-27(19(18)14-6-8-16(23)9-7-14)20(28)17(31-22)10-15-11-26(4)25-12(15)2/h6-11,19H,5H2,1-4H3. The van der Waals surface area contributed by atoms with Gasteiger partial charge in [-0.2, -0.15) is 5.10 Å². The fourth-order valence-corrected chi connectivity index (χ4v) is 4.69. The van der Waals surface area contributed by atoms with Crippen molar-refractivity contribution in [2.45, 2.75) is 26.8 Å². The molecule has 31 heavy (non-hydrogen) atoms. The molecule has 0 fully saturated rings. The van der Waals surface area contributed by atoms with Crippen molar-refractivity contribution in [3.8, 4) is 0 Å². The normalized spacial score (nSPS) is 16.3. The lowest BCUT2D eigenvalue weighted by Crippen LogP contribution is -2.39. The van der Waals surface area contributed by atoms with Crippen molar-refractivity contribution in [2.24, 2.45) is 12.0 Å². The molecule has 0 saturated carbocycles. The summed E-state index contributed by atoms with van der Waals surface area (Å²) in [7, 11) is 1.81. The monoisotopic (exact) mass is 440 g/mol. The first kappa shape index (κ1) is 20.9. The molecule has 9 heteroatoms. The number of aryl methyl sites for hydroxylation is 2. The number of benzene rings is 1. The van der Waals surface area contributed by atoms with Gasteiger partial charge in [0.25, 0.3) is 5.56 Å². The number of aromatic nitrogens is 3. The van der Waals surface area contributed by atoms with E-state index < -0.39 is 17.8 Å². The van der Waals surface area contributed by atoms with Crippen LogP contribution in [-0.2, 0) is 16.6 Å². The van der Waals surface area contributed by atoms with Gasteiger partial charge in [0.2, 0.25) is 0 Å². The summed E-state index contributed by atoms with van der Waals surface area (Å²) in [5, 5.41) is 4.31. The molecule has 0 saturated heterocycles. The topological polar surface area (TPSA) is 78.5 Å². The Morgan fingerprint density at radius 1 is 1.29 bits per heavy atom. The Hall–Kier alpha value is -3.33. The van der Waals surface area contributed by atoms with Gasteiger partial charge in [-0.05, 0) is 44.5 Å². The molecule has 1 aliphatic heterocycles. The summed E-state index contributed by atoms with van der Waals surface area (Å²) in [6, 6.07) is 5.00. The molecular weight excluding hydrogens is 419 g/mol. The molecule has 0 aliphatic carbocycles. The number of thiazole rings is 1. The van der Waals surface area contributed by atoms with Gasteiger partial charge in [0.1, 0.15) is 5.82 Å². The average Bonchev–Trinajstić information content (AvgIpc) is 3.19. The van der Waals surface area contributed by atoms with Crippen LogP contribution in [0, 0.1) is 12.7 Å². The highest BCUT2D eigenvalue weighted by atomic mass is 32.1. The van der Waals surface area contributed by atoms with Crippen LogP contribution in [0.1, 0.15) is 36.7 Å². The van der Waals surface area contributed by atoms with Crippen LogP contribution in [0.25, 0.3) is 6.08 Å². The number of halogens is 1. The summed E-state index contributed by atoms with van der Waals surface area (Å²) in [5.74, 6) is -0.947. The number of carbonyl (C=O) groups excluding carboxylic acids is 1. The number of carbonyl (C=O) groups is 1. The summed E-state index contributed by atoms with van der Waals surface area (Å²) in [6.07, 6.45) is 3.61. The molecule has 1 unspecified atom stereocenters. The second-order valence-corrected chi connectivity index (χ2v) is 8.21. The molecule has 1 aliphatic rings. The molecule has 4 rings (SSSR count). The van der Waals surface area contributed by atoms with Crippen LogP contribution < -0.4 is 14.9 Å². The lowest BCUT2D eigenvalue weighted by molar-refractivity contribution is -0.139. The van der Waals surface area contributed by atoms with Crippen molar-refractivity contribution in [1.82, 2.24) is 14.3 Å². The van der Waals surface area contributed by atoms with E-state index >= 15 is 0 Å². The third-order valence-electron chi connectivity index (χ3n) is 5.04. The van der Waals surface area contributed by atoms with E-state index in [1.54, 1.807) is 36.7 Å². The van der Waals surface area contributed by atoms with Crippen LogP contribution in [0.4, 0.5) is 4.39 Å². The van der Waals surface area contributed by atoms with Gasteiger partial charge in [0.15, 0.2) is 4.80 Å². The zero-order valence-corrected chi connectivity index (χ0v) is 18.4. The Bertz CT molecular complexity index is 1380. The van der Waals surface area contributed by atoms with E-state index in [1.165, 1.54) is 28.0 Å². The van der Waals surface area contributed by atoms with E-state index in [9.17, 15) is 14.0 Å². The number of hydrogen-bond acceptors (Lipinski definition) is 6. The third-order valence-corrected chi connectivity index (χ3v) is 6.02. The van der Waals surface area contributed by atoms with E-state index in [2.05, 4.69) is 10.1 Å². The fourth-order valence-electron chi connectivity index (χ4n) is 3.65. The molecule has 1 atom stereocenters. The van der Waals surface area contributed by atoms with E-state index in [0.717, 1.165) is 11.3 Å². The first-order valence-corrected chi connectivity index (χ1v) is 10.6. The zero-order chi connectivity index (χ0) is 22.3. The maximum atomic E-state index is 13.6. The van der Waals surface area contributed by atoms with Crippen molar-refractivity contribution in [3.63, 3.8) is 0 Å². The maximum Gasteiger partial charge on any atom is 0.338 e. The summed E-state index contributed by atoms with van der Waals surface area (Å²) >= 11 is 1.24. The highest BCUT2D eigenvalue weighted by Gasteiger charge is 2.33. The molecule has 7 nitrogen and oxygen atoms in total. The Kier molecular flexibility index (Phi) is 5.45. The highest BCUT2D eigenvalue weighted by Crippen LogP contribution is 2.30. The molecule has 3 aromatic rings. The van der Waals surface area contributed by atoms with Crippen LogP contribution in [0.2, 0.25) is 0 Å². The predicted octanol–water partition coefficient (Wildman–Crippen LogP) is 1.98. The van der Waals surface area contributed by atoms with Crippen LogP contribution in [0.3, 0.4) is 0 Å². The number of allylic oxidation sites excluding steroid dienone is 1. The molecule has 160 valence electrons. The molecule has 0 radical (unpaired) electrons. The van der Waals surface area contributed by atoms with Gasteiger partial charge in [-0.25, -0.2) is 14.2 Å². The SMILES string of the molecule is CCOC(=O)C1=C(C)N=c2sc(=Cc3cn(C)nc3C)c(=O)n2C1c1ccc(F)cc1. The quantitative estimate of drug-likeness (QED) is 0.582. The zero-order valence-electron chi connectivity index (χ0n) is 17.5. The van der Waals surface area contributed by atoms with E-state index in [1.807, 2.05) is 20.2 Å². The Morgan fingerprint density at radius 3 is 2.61 bits per heavy atom. The average molecular weight is 441 g/mol. The van der Waals surface area contributed by atoms with Crippen LogP contribution >= 0.6 is 11.3 Å². The number of fused-ring (bicyclic) bond motifs is 1.